The summed E-state index contributed by atoms with van der Waals surface area (Å²) < 4.78 is 0. The summed E-state index contributed by atoms with van der Waals surface area (Å²) in [7, 11) is 0. The summed E-state index contributed by atoms with van der Waals surface area (Å²) >= 11 is 0. The number of amides is 1. The Morgan fingerprint density at radius 3 is 2.75 bits per heavy atom. The number of carbonyl (C=O) groups is 1. The first-order valence-corrected chi connectivity index (χ1v) is 6.80. The molecule has 0 aliphatic heterocycles. The van der Waals surface area contributed by atoms with Gasteiger partial charge in [-0.3, -0.25) is 4.79 Å². The molecule has 0 saturated carbocycles. The number of hydrogen-bond acceptors (Lipinski definition) is 2. The summed E-state index contributed by atoms with van der Waals surface area (Å²) in [6.07, 6.45) is 2.57. The number of phenolic OH excluding ortho intramolecular Hbond substituents is 1. The van der Waals surface area contributed by atoms with E-state index in [4.69, 9.17) is 0 Å². The van der Waals surface area contributed by atoms with Crippen LogP contribution in [-0.2, 0) is 0 Å². The molecule has 1 N–H and O–H groups in total. The van der Waals surface area contributed by atoms with Gasteiger partial charge in [0.25, 0.3) is 5.91 Å². The molecule has 3 nitrogen and oxygen atoms in total. The third-order valence-corrected chi connectivity index (χ3v) is 3.26. The summed E-state index contributed by atoms with van der Waals surface area (Å²) in [4.78, 5) is 14.2. The SMILES string of the molecule is C=CCN(CCC)C(=O)c1ccc2ccccc2c1O. The van der Waals surface area contributed by atoms with Crippen LogP contribution in [0.2, 0.25) is 0 Å². The highest BCUT2D eigenvalue weighted by molar-refractivity contribution is 6.03. The van der Waals surface area contributed by atoms with E-state index in [2.05, 4.69) is 6.58 Å². The predicted octanol–water partition coefficient (Wildman–Crippen LogP) is 3.58. The average molecular weight is 269 g/mol. The lowest BCUT2D eigenvalue weighted by atomic mass is 10.0. The monoisotopic (exact) mass is 269 g/mol. The molecule has 2 aromatic rings. The molecule has 0 unspecified atom stereocenters. The van der Waals surface area contributed by atoms with Crippen LogP contribution >= 0.6 is 0 Å². The van der Waals surface area contributed by atoms with Crippen LogP contribution in [0, 0.1) is 0 Å². The lowest BCUT2D eigenvalue weighted by molar-refractivity contribution is 0.0771. The minimum absolute atomic E-state index is 0.0539. The van der Waals surface area contributed by atoms with Crippen molar-refractivity contribution in [2.45, 2.75) is 13.3 Å². The maximum absolute atomic E-state index is 12.5. The zero-order valence-corrected chi connectivity index (χ0v) is 11.7. The van der Waals surface area contributed by atoms with Gasteiger partial charge in [0.05, 0.1) is 5.56 Å². The molecule has 0 radical (unpaired) electrons. The fraction of sp³-hybridized carbons (Fsp3) is 0.235. The Bertz CT molecular complexity index is 634. The average Bonchev–Trinajstić information content (AvgIpc) is 2.47. The lowest BCUT2D eigenvalue weighted by Crippen LogP contribution is -2.31. The van der Waals surface area contributed by atoms with Gasteiger partial charge >= 0.3 is 0 Å². The van der Waals surface area contributed by atoms with Gasteiger partial charge in [0.1, 0.15) is 5.75 Å². The summed E-state index contributed by atoms with van der Waals surface area (Å²) in [6.45, 7) is 6.83. The highest BCUT2D eigenvalue weighted by atomic mass is 16.3. The zero-order valence-electron chi connectivity index (χ0n) is 11.7. The minimum Gasteiger partial charge on any atom is -0.506 e. The maximum atomic E-state index is 12.5. The third-order valence-electron chi connectivity index (χ3n) is 3.26. The molecule has 2 rings (SSSR count). The Labute approximate surface area is 119 Å². The number of carbonyl (C=O) groups excluding carboxylic acids is 1. The smallest absolute Gasteiger partial charge is 0.257 e. The second-order valence-electron chi connectivity index (χ2n) is 4.72. The molecule has 0 aliphatic rings. The van der Waals surface area contributed by atoms with Gasteiger partial charge in [-0.1, -0.05) is 43.3 Å². The molecule has 104 valence electrons. The molecule has 0 spiro atoms. The normalized spacial score (nSPS) is 10.4. The van der Waals surface area contributed by atoms with Crippen LogP contribution in [0.3, 0.4) is 0 Å². The van der Waals surface area contributed by atoms with Crippen LogP contribution < -0.4 is 0 Å². The molecule has 0 aromatic heterocycles. The topological polar surface area (TPSA) is 40.5 Å². The second kappa shape index (κ2) is 6.24. The highest BCUT2D eigenvalue weighted by Crippen LogP contribution is 2.29. The Morgan fingerprint density at radius 2 is 2.05 bits per heavy atom. The van der Waals surface area contributed by atoms with Crippen molar-refractivity contribution in [3.8, 4) is 5.75 Å². The van der Waals surface area contributed by atoms with Crippen molar-refractivity contribution in [3.63, 3.8) is 0 Å². The van der Waals surface area contributed by atoms with Crippen molar-refractivity contribution in [1.82, 2.24) is 4.90 Å². The van der Waals surface area contributed by atoms with Crippen LogP contribution in [0.5, 0.6) is 5.75 Å². The van der Waals surface area contributed by atoms with E-state index in [-0.39, 0.29) is 11.7 Å². The Balaban J connectivity index is 2.43. The van der Waals surface area contributed by atoms with Gasteiger partial charge in [-0.25, -0.2) is 0 Å². The molecule has 0 fully saturated rings. The van der Waals surface area contributed by atoms with Crippen molar-refractivity contribution in [3.05, 3.63) is 54.6 Å². The van der Waals surface area contributed by atoms with Gasteiger partial charge in [0.2, 0.25) is 0 Å². The largest absolute Gasteiger partial charge is 0.506 e. The summed E-state index contributed by atoms with van der Waals surface area (Å²) in [5.74, 6) is -0.103. The van der Waals surface area contributed by atoms with E-state index in [0.717, 1.165) is 11.8 Å². The zero-order chi connectivity index (χ0) is 14.5. The van der Waals surface area contributed by atoms with E-state index in [1.165, 1.54) is 0 Å². The number of nitrogens with zero attached hydrogens (tertiary/aromatic N) is 1. The Kier molecular flexibility index (Phi) is 4.41. The minimum atomic E-state index is -0.157. The van der Waals surface area contributed by atoms with Gasteiger partial charge in [-0.2, -0.15) is 0 Å². The number of rotatable bonds is 5. The van der Waals surface area contributed by atoms with Crippen molar-refractivity contribution in [1.29, 1.82) is 0 Å². The Morgan fingerprint density at radius 1 is 1.30 bits per heavy atom. The molecule has 0 bridgehead atoms. The maximum Gasteiger partial charge on any atom is 0.257 e. The van der Waals surface area contributed by atoms with E-state index in [1.807, 2.05) is 37.3 Å². The van der Waals surface area contributed by atoms with Gasteiger partial charge < -0.3 is 10.0 Å². The van der Waals surface area contributed by atoms with Crippen LogP contribution in [0.1, 0.15) is 23.7 Å². The van der Waals surface area contributed by atoms with E-state index < -0.39 is 0 Å². The third kappa shape index (κ3) is 2.67. The number of benzene rings is 2. The summed E-state index contributed by atoms with van der Waals surface area (Å²) in [6, 6.07) is 11.0. The number of hydrogen-bond donors (Lipinski definition) is 1. The number of phenols is 1. The highest BCUT2D eigenvalue weighted by Gasteiger charge is 2.18. The van der Waals surface area contributed by atoms with Crippen LogP contribution in [0.4, 0.5) is 0 Å². The molecule has 0 atom stereocenters. The van der Waals surface area contributed by atoms with E-state index in [1.54, 1.807) is 17.0 Å². The quantitative estimate of drug-likeness (QED) is 0.843. The van der Waals surface area contributed by atoms with Gasteiger partial charge in [0, 0.05) is 18.5 Å². The molecule has 0 heterocycles. The van der Waals surface area contributed by atoms with Gasteiger partial charge in [0.15, 0.2) is 0 Å². The first kappa shape index (κ1) is 14.1. The summed E-state index contributed by atoms with van der Waals surface area (Å²) in [5, 5.41) is 12.0. The van der Waals surface area contributed by atoms with Crippen LogP contribution in [0.25, 0.3) is 10.8 Å². The molecule has 0 saturated heterocycles. The lowest BCUT2D eigenvalue weighted by Gasteiger charge is -2.21. The van der Waals surface area contributed by atoms with Gasteiger partial charge in [-0.05, 0) is 17.9 Å². The van der Waals surface area contributed by atoms with E-state index >= 15 is 0 Å². The standard InChI is InChI=1S/C17H19NO2/c1-3-11-18(12-4-2)17(20)15-10-9-13-7-5-6-8-14(13)16(15)19/h3,5-10,19H,1,4,11-12H2,2H3. The molecule has 0 aliphatic carbocycles. The Hall–Kier alpha value is -2.29. The predicted molar refractivity (Wildman–Crippen MR) is 82.0 cm³/mol. The molecule has 3 heteroatoms. The van der Waals surface area contributed by atoms with Crippen molar-refractivity contribution in [2.24, 2.45) is 0 Å². The van der Waals surface area contributed by atoms with Crippen LogP contribution in [-0.4, -0.2) is 29.0 Å². The van der Waals surface area contributed by atoms with Crippen molar-refractivity contribution < 1.29 is 9.90 Å². The number of fused-ring (bicyclic) bond motifs is 1. The first-order chi connectivity index (χ1) is 9.69. The van der Waals surface area contributed by atoms with Gasteiger partial charge in [-0.15, -0.1) is 6.58 Å². The van der Waals surface area contributed by atoms with Crippen molar-refractivity contribution in [2.75, 3.05) is 13.1 Å². The molecular weight excluding hydrogens is 250 g/mol. The number of aromatic hydroxyl groups is 1. The summed E-state index contributed by atoms with van der Waals surface area (Å²) in [5.41, 5.74) is 0.346. The molecular formula is C17H19NO2. The molecule has 1 amide bonds. The van der Waals surface area contributed by atoms with Crippen molar-refractivity contribution >= 4 is 16.7 Å². The molecule has 2 aromatic carbocycles. The van der Waals surface area contributed by atoms with E-state index in [9.17, 15) is 9.90 Å². The fourth-order valence-corrected chi connectivity index (χ4v) is 2.30. The van der Waals surface area contributed by atoms with E-state index in [0.29, 0.717) is 24.0 Å². The molecule has 20 heavy (non-hydrogen) atoms. The first-order valence-electron chi connectivity index (χ1n) is 6.80. The second-order valence-corrected chi connectivity index (χ2v) is 4.72. The fourth-order valence-electron chi connectivity index (χ4n) is 2.30. The van der Waals surface area contributed by atoms with Crippen LogP contribution in [0.15, 0.2) is 49.1 Å².